The van der Waals surface area contributed by atoms with Crippen LogP contribution in [-0.4, -0.2) is 36.5 Å². The van der Waals surface area contributed by atoms with Crippen molar-refractivity contribution in [1.82, 2.24) is 9.47 Å². The Bertz CT molecular complexity index is 746. The lowest BCUT2D eigenvalue weighted by Crippen LogP contribution is -2.28. The predicted molar refractivity (Wildman–Crippen MR) is 71.6 cm³/mol. The minimum Gasteiger partial charge on any atom is -0.497 e. The van der Waals surface area contributed by atoms with Crippen LogP contribution in [0.2, 0.25) is 0 Å². The Morgan fingerprint density at radius 2 is 2.29 bits per heavy atom. The quantitative estimate of drug-likeness (QED) is 0.818. The molecule has 0 saturated heterocycles. The smallest absolute Gasteiger partial charge is 0.119 e. The van der Waals surface area contributed by atoms with E-state index < -0.39 is 27.0 Å². The van der Waals surface area contributed by atoms with Crippen molar-refractivity contribution in [1.29, 1.82) is 0 Å². The number of ether oxygens (including phenoxy) is 1. The molecule has 0 saturated carbocycles. The number of hydrogen-bond donors (Lipinski definition) is 0. The summed E-state index contributed by atoms with van der Waals surface area (Å²) in [6, 6.07) is 5.65. The molecule has 2 rings (SSSR count). The van der Waals surface area contributed by atoms with Gasteiger partial charge >= 0.3 is 0 Å². The van der Waals surface area contributed by atoms with Gasteiger partial charge in [-0.15, -0.1) is 0 Å². The SMILES string of the molecule is [2H]C([2H])([2H])Oc1ccc2c(ccn2C[C@H](C)N(C([2H])([2H])[2H])C([2H])([2H])[2H])c1. The van der Waals surface area contributed by atoms with Gasteiger partial charge in [0, 0.05) is 37.9 Å². The summed E-state index contributed by atoms with van der Waals surface area (Å²) in [6.45, 7) is -3.83. The first-order valence-electron chi connectivity index (χ1n) is 9.76. The summed E-state index contributed by atoms with van der Waals surface area (Å²) < 4.78 is 73.0. The van der Waals surface area contributed by atoms with E-state index in [1.54, 1.807) is 29.0 Å². The lowest BCUT2D eigenvalue weighted by molar-refractivity contribution is 0.286. The predicted octanol–water partition coefficient (Wildman–Crippen LogP) is 2.60. The number of rotatable bonds is 4. The van der Waals surface area contributed by atoms with E-state index in [1.165, 1.54) is 13.0 Å². The van der Waals surface area contributed by atoms with E-state index in [4.69, 9.17) is 17.1 Å². The standard InChI is InChI=1S/C14H20N2O/c1-11(15(2)3)10-16-8-7-12-9-13(17-4)5-6-14(12)16/h5-9,11H,10H2,1-4H3/t11-/m0/s1/i2D3,3D3,4D3. The number of aromatic nitrogens is 1. The Hall–Kier alpha value is -1.48. The minimum atomic E-state index is -2.76. The molecule has 2 aromatic rings. The highest BCUT2D eigenvalue weighted by Gasteiger charge is 2.08. The van der Waals surface area contributed by atoms with Gasteiger partial charge in [0.25, 0.3) is 0 Å². The summed E-state index contributed by atoms with van der Waals surface area (Å²) in [5.41, 5.74) is 0.714. The van der Waals surface area contributed by atoms with Gasteiger partial charge in [0.15, 0.2) is 0 Å². The molecule has 0 aliphatic rings. The van der Waals surface area contributed by atoms with E-state index >= 15 is 0 Å². The van der Waals surface area contributed by atoms with Gasteiger partial charge in [0.2, 0.25) is 0 Å². The molecule has 92 valence electrons. The number of benzene rings is 1. The number of hydrogen-bond acceptors (Lipinski definition) is 2. The topological polar surface area (TPSA) is 17.4 Å². The summed E-state index contributed by atoms with van der Waals surface area (Å²) in [5.74, 6) is 0.190. The van der Waals surface area contributed by atoms with Crippen molar-refractivity contribution in [3.8, 4) is 5.75 Å². The van der Waals surface area contributed by atoms with Crippen LogP contribution in [-0.2, 0) is 6.54 Å². The maximum atomic E-state index is 7.50. The fraction of sp³-hybridized carbons (Fsp3) is 0.429. The average Bonchev–Trinajstić information content (AvgIpc) is 2.75. The first kappa shape index (κ1) is 5.02. The van der Waals surface area contributed by atoms with Gasteiger partial charge in [-0.3, -0.25) is 0 Å². The van der Waals surface area contributed by atoms with Gasteiger partial charge in [0.05, 0.1) is 11.2 Å². The molecule has 0 fully saturated rings. The Balaban J connectivity index is 2.28. The number of fused-ring (bicyclic) bond motifs is 1. The van der Waals surface area contributed by atoms with E-state index in [-0.39, 0.29) is 12.3 Å². The molecular weight excluding hydrogens is 212 g/mol. The molecule has 0 unspecified atom stereocenters. The van der Waals surface area contributed by atoms with Gasteiger partial charge in [-0.1, -0.05) is 0 Å². The molecule has 0 aliphatic carbocycles. The van der Waals surface area contributed by atoms with Crippen LogP contribution >= 0.6 is 0 Å². The zero-order chi connectivity index (χ0) is 19.9. The van der Waals surface area contributed by atoms with Crippen molar-refractivity contribution >= 4 is 10.9 Å². The van der Waals surface area contributed by atoms with Crippen LogP contribution in [0.3, 0.4) is 0 Å². The molecule has 1 heterocycles. The van der Waals surface area contributed by atoms with Crippen LogP contribution < -0.4 is 4.74 Å². The van der Waals surface area contributed by atoms with E-state index in [0.29, 0.717) is 15.8 Å². The monoisotopic (exact) mass is 241 g/mol. The van der Waals surface area contributed by atoms with E-state index in [9.17, 15) is 0 Å². The van der Waals surface area contributed by atoms with E-state index in [2.05, 4.69) is 0 Å². The molecule has 0 amide bonds. The molecule has 0 aliphatic heterocycles. The lowest BCUT2D eigenvalue weighted by Gasteiger charge is -2.20. The van der Waals surface area contributed by atoms with Crippen molar-refractivity contribution in [2.45, 2.75) is 19.5 Å². The Kier molecular flexibility index (Phi) is 1.42. The molecule has 3 heteroatoms. The fourth-order valence-electron chi connectivity index (χ4n) is 1.77. The zero-order valence-corrected chi connectivity index (χ0v) is 9.47. The third kappa shape index (κ3) is 2.44. The fourth-order valence-corrected chi connectivity index (χ4v) is 1.77. The second-order valence-corrected chi connectivity index (χ2v) is 4.01. The van der Waals surface area contributed by atoms with Crippen LogP contribution in [0.25, 0.3) is 10.9 Å². The van der Waals surface area contributed by atoms with Crippen LogP contribution in [0.15, 0.2) is 30.5 Å². The van der Waals surface area contributed by atoms with Crippen LogP contribution in [0.1, 0.15) is 19.3 Å². The van der Waals surface area contributed by atoms with Gasteiger partial charge in [-0.2, -0.15) is 0 Å². The van der Waals surface area contributed by atoms with E-state index in [1.807, 2.05) is 0 Å². The van der Waals surface area contributed by atoms with Crippen molar-refractivity contribution < 1.29 is 17.1 Å². The molecule has 1 aromatic carbocycles. The summed E-state index contributed by atoms with van der Waals surface area (Å²) in [6.07, 6.45) is 1.69. The highest BCUT2D eigenvalue weighted by molar-refractivity contribution is 5.81. The van der Waals surface area contributed by atoms with E-state index in [0.717, 1.165) is 0 Å². The highest BCUT2D eigenvalue weighted by Crippen LogP contribution is 2.22. The second-order valence-electron chi connectivity index (χ2n) is 4.01. The van der Waals surface area contributed by atoms with Crippen LogP contribution in [0.5, 0.6) is 5.75 Å². The second kappa shape index (κ2) is 4.80. The van der Waals surface area contributed by atoms with Gasteiger partial charge in [-0.05, 0) is 45.1 Å². The molecule has 1 aromatic heterocycles. The summed E-state index contributed by atoms with van der Waals surface area (Å²) in [7, 11) is -2.55. The van der Waals surface area contributed by atoms with Gasteiger partial charge in [-0.25, -0.2) is 0 Å². The van der Waals surface area contributed by atoms with Crippen LogP contribution in [0.4, 0.5) is 0 Å². The number of methoxy groups -OCH3 is 1. The highest BCUT2D eigenvalue weighted by atomic mass is 16.5. The molecule has 17 heavy (non-hydrogen) atoms. The maximum absolute atomic E-state index is 7.50. The van der Waals surface area contributed by atoms with Crippen molar-refractivity contribution in [3.63, 3.8) is 0 Å². The maximum Gasteiger partial charge on any atom is 0.119 e. The summed E-state index contributed by atoms with van der Waals surface area (Å²) in [5, 5.41) is 0.702. The molecule has 0 N–H and O–H groups in total. The average molecular weight is 241 g/mol. The van der Waals surface area contributed by atoms with Crippen molar-refractivity contribution in [2.24, 2.45) is 0 Å². The molecule has 0 radical (unpaired) electrons. The Labute approximate surface area is 115 Å². The molecular formula is C14H20N2O. The van der Waals surface area contributed by atoms with Gasteiger partial charge in [0.1, 0.15) is 5.75 Å². The normalized spacial score (nSPS) is 23.3. The van der Waals surface area contributed by atoms with Crippen LogP contribution in [0, 0.1) is 0 Å². The Morgan fingerprint density at radius 3 is 3.06 bits per heavy atom. The van der Waals surface area contributed by atoms with Gasteiger partial charge < -0.3 is 14.2 Å². The Morgan fingerprint density at radius 1 is 1.41 bits per heavy atom. The number of likely N-dealkylation sites (N-methyl/N-ethyl adjacent to an activating group) is 1. The first-order chi connectivity index (χ1) is 11.7. The molecule has 1 atom stereocenters. The number of nitrogens with zero attached hydrogens (tertiary/aromatic N) is 2. The molecule has 0 spiro atoms. The summed E-state index contributed by atoms with van der Waals surface area (Å²) in [4.78, 5) is 0.540. The molecule has 0 bridgehead atoms. The van der Waals surface area contributed by atoms with Crippen molar-refractivity contribution in [2.75, 3.05) is 21.0 Å². The summed E-state index contributed by atoms with van der Waals surface area (Å²) >= 11 is 0. The lowest BCUT2D eigenvalue weighted by atomic mass is 10.2. The van der Waals surface area contributed by atoms with Crippen molar-refractivity contribution in [3.05, 3.63) is 30.5 Å². The first-order valence-corrected chi connectivity index (χ1v) is 5.26. The minimum absolute atomic E-state index is 0.139. The zero-order valence-electron chi connectivity index (χ0n) is 18.5. The third-order valence-electron chi connectivity index (χ3n) is 2.76. The third-order valence-corrected chi connectivity index (χ3v) is 2.76. The molecule has 3 nitrogen and oxygen atoms in total. The largest absolute Gasteiger partial charge is 0.497 e.